The van der Waals surface area contributed by atoms with E-state index in [0.29, 0.717) is 19.5 Å². The lowest BCUT2D eigenvalue weighted by molar-refractivity contribution is -0.134. The van der Waals surface area contributed by atoms with Crippen LogP contribution in [0.2, 0.25) is 5.02 Å². The molecule has 1 aliphatic carbocycles. The van der Waals surface area contributed by atoms with E-state index in [4.69, 9.17) is 11.6 Å². The highest BCUT2D eigenvalue weighted by atomic mass is 35.5. The number of carbonyl (C=O) groups excluding carboxylic acids is 1. The van der Waals surface area contributed by atoms with Crippen LogP contribution in [0, 0.1) is 0 Å². The fourth-order valence-electron chi connectivity index (χ4n) is 4.07. The zero-order valence-corrected chi connectivity index (χ0v) is 16.8. The molecule has 1 saturated heterocycles. The molecule has 0 spiro atoms. The molecule has 2 aromatic rings. The summed E-state index contributed by atoms with van der Waals surface area (Å²) in [4.78, 5) is 14.8. The first kappa shape index (κ1) is 19.2. The number of halogens is 1. The van der Waals surface area contributed by atoms with E-state index in [9.17, 15) is 18.3 Å². The summed E-state index contributed by atoms with van der Waals surface area (Å²) in [6.45, 7) is 1.09. The standard InChI is InChI=1S/C20H21ClN2O4S/c21-16-5-1-2-7-18(16)28(26,27)23-12-10-22(11-13-23)20(25)15-9-8-14-4-3-6-17(24)19(14)15/h1-7,15,24H,8-13H2. The average Bonchev–Trinajstić information content (AvgIpc) is 3.13. The molecule has 0 aromatic heterocycles. The normalized spacial score (nSPS) is 20.2. The highest BCUT2D eigenvalue weighted by molar-refractivity contribution is 7.89. The first-order valence-corrected chi connectivity index (χ1v) is 11.1. The van der Waals surface area contributed by atoms with Gasteiger partial charge < -0.3 is 10.0 Å². The Bertz CT molecular complexity index is 1020. The fourth-order valence-corrected chi connectivity index (χ4v) is 5.99. The predicted molar refractivity (Wildman–Crippen MR) is 106 cm³/mol. The Morgan fingerprint density at radius 1 is 1.04 bits per heavy atom. The molecule has 1 fully saturated rings. The molecule has 2 aliphatic rings. The van der Waals surface area contributed by atoms with Crippen LogP contribution in [0.15, 0.2) is 47.4 Å². The molecule has 6 nitrogen and oxygen atoms in total. The summed E-state index contributed by atoms with van der Waals surface area (Å²) in [6.07, 6.45) is 1.44. The first-order chi connectivity index (χ1) is 13.4. The Kier molecular flexibility index (Phi) is 5.07. The van der Waals surface area contributed by atoms with Gasteiger partial charge in [-0.2, -0.15) is 4.31 Å². The van der Waals surface area contributed by atoms with E-state index in [2.05, 4.69) is 0 Å². The summed E-state index contributed by atoms with van der Waals surface area (Å²) in [5.74, 6) is -0.244. The topological polar surface area (TPSA) is 77.9 Å². The number of fused-ring (bicyclic) bond motifs is 1. The lowest BCUT2D eigenvalue weighted by atomic mass is 9.98. The number of phenols is 1. The molecule has 0 bridgehead atoms. The number of piperazine rings is 1. The highest BCUT2D eigenvalue weighted by Crippen LogP contribution is 2.40. The van der Waals surface area contributed by atoms with Gasteiger partial charge in [0, 0.05) is 31.7 Å². The predicted octanol–water partition coefficient (Wildman–Crippen LogP) is 2.61. The lowest BCUT2D eigenvalue weighted by Crippen LogP contribution is -2.51. The third kappa shape index (κ3) is 3.27. The number of benzene rings is 2. The maximum atomic E-state index is 13.0. The minimum absolute atomic E-state index is 0.0463. The first-order valence-electron chi connectivity index (χ1n) is 9.24. The summed E-state index contributed by atoms with van der Waals surface area (Å²) in [5, 5.41) is 10.4. The number of rotatable bonds is 3. The van der Waals surface area contributed by atoms with Crippen LogP contribution >= 0.6 is 11.6 Å². The van der Waals surface area contributed by atoms with E-state index in [0.717, 1.165) is 17.5 Å². The number of nitrogens with zero attached hydrogens (tertiary/aromatic N) is 2. The summed E-state index contributed by atoms with van der Waals surface area (Å²) in [5.41, 5.74) is 1.73. The smallest absolute Gasteiger partial charge is 0.244 e. The number of hydrogen-bond acceptors (Lipinski definition) is 4. The third-order valence-corrected chi connectivity index (χ3v) is 7.93. The second-order valence-corrected chi connectivity index (χ2v) is 9.41. The van der Waals surface area contributed by atoms with Gasteiger partial charge in [-0.05, 0) is 36.6 Å². The van der Waals surface area contributed by atoms with Crippen molar-refractivity contribution in [3.05, 3.63) is 58.6 Å². The van der Waals surface area contributed by atoms with Gasteiger partial charge in [0.15, 0.2) is 0 Å². The van der Waals surface area contributed by atoms with Gasteiger partial charge in [0.2, 0.25) is 15.9 Å². The number of aromatic hydroxyl groups is 1. The van der Waals surface area contributed by atoms with Crippen LogP contribution in [-0.4, -0.2) is 54.8 Å². The Balaban J connectivity index is 1.47. The van der Waals surface area contributed by atoms with Crippen molar-refractivity contribution in [2.75, 3.05) is 26.2 Å². The number of hydrogen-bond donors (Lipinski definition) is 1. The maximum absolute atomic E-state index is 13.0. The van der Waals surface area contributed by atoms with Crippen LogP contribution in [0.4, 0.5) is 0 Å². The van der Waals surface area contributed by atoms with Gasteiger partial charge in [-0.15, -0.1) is 0 Å². The minimum atomic E-state index is -3.69. The lowest BCUT2D eigenvalue weighted by Gasteiger charge is -2.35. The van der Waals surface area contributed by atoms with Crippen molar-refractivity contribution in [3.8, 4) is 5.75 Å². The van der Waals surface area contributed by atoms with Gasteiger partial charge >= 0.3 is 0 Å². The average molecular weight is 421 g/mol. The maximum Gasteiger partial charge on any atom is 0.244 e. The zero-order chi connectivity index (χ0) is 19.9. The third-order valence-electron chi connectivity index (χ3n) is 5.53. The highest BCUT2D eigenvalue weighted by Gasteiger charge is 2.37. The molecule has 1 heterocycles. The van der Waals surface area contributed by atoms with Crippen LogP contribution in [-0.2, 0) is 21.2 Å². The molecule has 0 radical (unpaired) electrons. The van der Waals surface area contributed by atoms with Crippen LogP contribution in [0.5, 0.6) is 5.75 Å². The van der Waals surface area contributed by atoms with Gasteiger partial charge in [-0.1, -0.05) is 35.9 Å². The largest absolute Gasteiger partial charge is 0.508 e. The zero-order valence-electron chi connectivity index (χ0n) is 15.2. The summed E-state index contributed by atoms with van der Waals surface area (Å²) in [6, 6.07) is 11.7. The molecule has 1 amide bonds. The van der Waals surface area contributed by atoms with Crippen molar-refractivity contribution in [2.24, 2.45) is 0 Å². The van der Waals surface area contributed by atoms with Gasteiger partial charge in [0.05, 0.1) is 10.9 Å². The molecule has 0 saturated carbocycles. The van der Waals surface area contributed by atoms with Gasteiger partial charge in [-0.25, -0.2) is 8.42 Å². The molecular formula is C20H21ClN2O4S. The van der Waals surface area contributed by atoms with E-state index >= 15 is 0 Å². The van der Waals surface area contributed by atoms with Crippen molar-refractivity contribution in [1.29, 1.82) is 0 Å². The second kappa shape index (κ2) is 7.39. The molecule has 1 aliphatic heterocycles. The van der Waals surface area contributed by atoms with Gasteiger partial charge in [0.25, 0.3) is 0 Å². The Hall–Kier alpha value is -2.09. The molecule has 2 aromatic carbocycles. The van der Waals surface area contributed by atoms with E-state index in [-0.39, 0.29) is 40.6 Å². The van der Waals surface area contributed by atoms with Crippen molar-refractivity contribution in [3.63, 3.8) is 0 Å². The molecule has 1 N–H and O–H groups in total. The summed E-state index contributed by atoms with van der Waals surface area (Å²) >= 11 is 6.06. The van der Waals surface area contributed by atoms with Gasteiger partial charge in [0.1, 0.15) is 10.6 Å². The Morgan fingerprint density at radius 3 is 2.46 bits per heavy atom. The van der Waals surface area contributed by atoms with Crippen LogP contribution in [0.25, 0.3) is 0 Å². The van der Waals surface area contributed by atoms with Crippen LogP contribution < -0.4 is 0 Å². The molecule has 4 rings (SSSR count). The molecule has 28 heavy (non-hydrogen) atoms. The molecule has 1 atom stereocenters. The number of aryl methyl sites for hydroxylation is 1. The molecule has 8 heteroatoms. The van der Waals surface area contributed by atoms with Crippen LogP contribution in [0.3, 0.4) is 0 Å². The van der Waals surface area contributed by atoms with Crippen molar-refractivity contribution in [1.82, 2.24) is 9.21 Å². The van der Waals surface area contributed by atoms with Crippen molar-refractivity contribution in [2.45, 2.75) is 23.7 Å². The minimum Gasteiger partial charge on any atom is -0.508 e. The van der Waals surface area contributed by atoms with E-state index in [1.165, 1.54) is 10.4 Å². The molecular weight excluding hydrogens is 400 g/mol. The second-order valence-electron chi connectivity index (χ2n) is 7.10. The number of sulfonamides is 1. The molecule has 148 valence electrons. The molecule has 1 unspecified atom stereocenters. The monoisotopic (exact) mass is 420 g/mol. The Labute approximate surface area is 169 Å². The number of phenolic OH excluding ortho intramolecular Hbond substituents is 1. The summed E-state index contributed by atoms with van der Waals surface area (Å²) < 4.78 is 27.1. The fraction of sp³-hybridized carbons (Fsp3) is 0.350. The van der Waals surface area contributed by atoms with Crippen molar-refractivity contribution < 1.29 is 18.3 Å². The Morgan fingerprint density at radius 2 is 1.75 bits per heavy atom. The number of amides is 1. The van der Waals surface area contributed by atoms with E-state index < -0.39 is 10.0 Å². The van der Waals surface area contributed by atoms with Crippen LogP contribution in [0.1, 0.15) is 23.5 Å². The summed E-state index contributed by atoms with van der Waals surface area (Å²) in [7, 11) is -3.69. The van der Waals surface area contributed by atoms with E-state index in [1.54, 1.807) is 35.2 Å². The quantitative estimate of drug-likeness (QED) is 0.827. The van der Waals surface area contributed by atoms with Crippen molar-refractivity contribution >= 4 is 27.5 Å². The van der Waals surface area contributed by atoms with Gasteiger partial charge in [-0.3, -0.25) is 4.79 Å². The SMILES string of the molecule is O=C(C1CCc2cccc(O)c21)N1CCN(S(=O)(=O)c2ccccc2Cl)CC1. The van der Waals surface area contributed by atoms with E-state index in [1.807, 2.05) is 6.07 Å². The number of carbonyl (C=O) groups is 1.